The minimum Gasteiger partial charge on any atom is -0.387 e. The first-order valence-corrected chi connectivity index (χ1v) is 6.13. The first-order chi connectivity index (χ1) is 7.78. The molecule has 2 heterocycles. The van der Waals surface area contributed by atoms with Crippen molar-refractivity contribution in [2.24, 2.45) is 5.92 Å². The fourth-order valence-electron chi connectivity index (χ4n) is 2.12. The number of nitrogens with one attached hydrogen (secondary N) is 1. The van der Waals surface area contributed by atoms with Gasteiger partial charge in [0.05, 0.1) is 17.6 Å². The van der Waals surface area contributed by atoms with Gasteiger partial charge in [-0.25, -0.2) is 0 Å². The van der Waals surface area contributed by atoms with E-state index in [1.807, 2.05) is 13.2 Å². The summed E-state index contributed by atoms with van der Waals surface area (Å²) in [5.74, 6) is 0.899. The molecule has 0 aliphatic carbocycles. The van der Waals surface area contributed by atoms with Crippen molar-refractivity contribution < 1.29 is 0 Å². The van der Waals surface area contributed by atoms with E-state index in [9.17, 15) is 0 Å². The topological polar surface area (TPSA) is 28.2 Å². The molecule has 0 bridgehead atoms. The van der Waals surface area contributed by atoms with E-state index < -0.39 is 0 Å². The van der Waals surface area contributed by atoms with Gasteiger partial charge in [-0.3, -0.25) is 9.88 Å². The Morgan fingerprint density at radius 1 is 1.38 bits per heavy atom. The zero-order valence-electron chi connectivity index (χ0n) is 10.2. The van der Waals surface area contributed by atoms with Crippen LogP contribution in [0.2, 0.25) is 0 Å². The largest absolute Gasteiger partial charge is 0.387 e. The molecule has 1 N–H and O–H groups in total. The lowest BCUT2D eigenvalue weighted by atomic mass is 9.99. The number of anilines is 1. The van der Waals surface area contributed by atoms with Gasteiger partial charge < -0.3 is 5.32 Å². The quantitative estimate of drug-likeness (QED) is 0.846. The third-order valence-electron chi connectivity index (χ3n) is 3.38. The predicted molar refractivity (Wildman–Crippen MR) is 67.5 cm³/mol. The van der Waals surface area contributed by atoms with Crippen LogP contribution >= 0.6 is 0 Å². The molecule has 1 aromatic heterocycles. The average Bonchev–Trinajstić information content (AvgIpc) is 2.33. The van der Waals surface area contributed by atoms with E-state index in [-0.39, 0.29) is 0 Å². The van der Waals surface area contributed by atoms with Crippen molar-refractivity contribution in [1.29, 1.82) is 0 Å². The lowest BCUT2D eigenvalue weighted by Gasteiger charge is -2.29. The Kier molecular flexibility index (Phi) is 3.78. The Labute approximate surface area is 97.9 Å². The molecule has 1 aromatic rings. The number of hydrogen-bond acceptors (Lipinski definition) is 3. The van der Waals surface area contributed by atoms with Crippen molar-refractivity contribution in [3.05, 3.63) is 24.0 Å². The molecule has 88 valence electrons. The van der Waals surface area contributed by atoms with E-state index in [4.69, 9.17) is 0 Å². The molecule has 1 aliphatic rings. The van der Waals surface area contributed by atoms with Crippen molar-refractivity contribution in [1.82, 2.24) is 9.88 Å². The van der Waals surface area contributed by atoms with Crippen molar-refractivity contribution in [2.45, 2.75) is 26.3 Å². The molecule has 3 nitrogen and oxygen atoms in total. The lowest BCUT2D eigenvalue weighted by Crippen LogP contribution is -2.32. The highest BCUT2D eigenvalue weighted by Crippen LogP contribution is 2.17. The van der Waals surface area contributed by atoms with Gasteiger partial charge in [-0.15, -0.1) is 0 Å². The highest BCUT2D eigenvalue weighted by Gasteiger charge is 2.15. The molecule has 0 unspecified atom stereocenters. The van der Waals surface area contributed by atoms with Gasteiger partial charge in [0.15, 0.2) is 0 Å². The fraction of sp³-hybridized carbons (Fsp3) is 0.615. The van der Waals surface area contributed by atoms with Crippen LogP contribution in [-0.2, 0) is 6.54 Å². The smallest absolute Gasteiger partial charge is 0.0545 e. The molecule has 1 fully saturated rings. The summed E-state index contributed by atoms with van der Waals surface area (Å²) in [5.41, 5.74) is 2.25. The standard InChI is InChI=1S/C13H21N3/c1-11-5-7-16(8-6-11)10-13-4-3-12(14-2)9-15-13/h3-4,9,11,14H,5-8,10H2,1-2H3. The Morgan fingerprint density at radius 2 is 2.12 bits per heavy atom. The van der Waals surface area contributed by atoms with Gasteiger partial charge in [0.2, 0.25) is 0 Å². The first-order valence-electron chi connectivity index (χ1n) is 6.13. The average molecular weight is 219 g/mol. The zero-order valence-corrected chi connectivity index (χ0v) is 10.2. The molecule has 0 amide bonds. The lowest BCUT2D eigenvalue weighted by molar-refractivity contribution is 0.183. The number of aromatic nitrogens is 1. The Morgan fingerprint density at radius 3 is 2.69 bits per heavy atom. The van der Waals surface area contributed by atoms with Crippen LogP contribution in [0.25, 0.3) is 0 Å². The van der Waals surface area contributed by atoms with Crippen LogP contribution in [0, 0.1) is 5.92 Å². The zero-order chi connectivity index (χ0) is 11.4. The van der Waals surface area contributed by atoms with E-state index >= 15 is 0 Å². The molecule has 1 aliphatic heterocycles. The molecule has 0 spiro atoms. The molecular formula is C13H21N3. The second-order valence-corrected chi connectivity index (χ2v) is 4.75. The Hall–Kier alpha value is -1.09. The maximum absolute atomic E-state index is 4.46. The maximum atomic E-state index is 4.46. The number of rotatable bonds is 3. The summed E-state index contributed by atoms with van der Waals surface area (Å²) in [6.07, 6.45) is 4.56. The van der Waals surface area contributed by atoms with E-state index in [0.29, 0.717) is 0 Å². The number of nitrogens with zero attached hydrogens (tertiary/aromatic N) is 2. The van der Waals surface area contributed by atoms with Gasteiger partial charge in [0.25, 0.3) is 0 Å². The summed E-state index contributed by atoms with van der Waals surface area (Å²) < 4.78 is 0. The van der Waals surface area contributed by atoms with Crippen molar-refractivity contribution in [3.63, 3.8) is 0 Å². The molecule has 1 saturated heterocycles. The van der Waals surface area contributed by atoms with E-state index in [2.05, 4.69) is 34.3 Å². The minimum atomic E-state index is 0.899. The molecule has 0 atom stereocenters. The first kappa shape index (κ1) is 11.4. The van der Waals surface area contributed by atoms with Gasteiger partial charge in [-0.1, -0.05) is 6.92 Å². The Balaban J connectivity index is 1.88. The van der Waals surface area contributed by atoms with Crippen LogP contribution in [-0.4, -0.2) is 30.0 Å². The third-order valence-corrected chi connectivity index (χ3v) is 3.38. The predicted octanol–water partition coefficient (Wildman–Crippen LogP) is 2.36. The molecular weight excluding hydrogens is 198 g/mol. The van der Waals surface area contributed by atoms with Gasteiger partial charge >= 0.3 is 0 Å². The second-order valence-electron chi connectivity index (χ2n) is 4.75. The van der Waals surface area contributed by atoms with Crippen molar-refractivity contribution >= 4 is 5.69 Å². The molecule has 16 heavy (non-hydrogen) atoms. The fourth-order valence-corrected chi connectivity index (χ4v) is 2.12. The number of likely N-dealkylation sites (tertiary alicyclic amines) is 1. The van der Waals surface area contributed by atoms with Crippen LogP contribution in [0.3, 0.4) is 0 Å². The second kappa shape index (κ2) is 5.30. The molecule has 0 saturated carbocycles. The normalized spacial score (nSPS) is 18.6. The van der Waals surface area contributed by atoms with Crippen LogP contribution < -0.4 is 5.32 Å². The summed E-state index contributed by atoms with van der Waals surface area (Å²) in [5, 5.41) is 3.09. The summed E-state index contributed by atoms with van der Waals surface area (Å²) in [4.78, 5) is 6.96. The highest BCUT2D eigenvalue weighted by atomic mass is 15.1. The molecule has 0 radical (unpaired) electrons. The molecule has 2 rings (SSSR count). The van der Waals surface area contributed by atoms with Gasteiger partial charge in [0.1, 0.15) is 0 Å². The maximum Gasteiger partial charge on any atom is 0.0545 e. The minimum absolute atomic E-state index is 0.899. The van der Waals surface area contributed by atoms with Crippen molar-refractivity contribution in [3.8, 4) is 0 Å². The van der Waals surface area contributed by atoms with E-state index in [1.54, 1.807) is 0 Å². The third kappa shape index (κ3) is 2.95. The highest BCUT2D eigenvalue weighted by molar-refractivity contribution is 5.39. The monoisotopic (exact) mass is 219 g/mol. The summed E-state index contributed by atoms with van der Waals surface area (Å²) >= 11 is 0. The van der Waals surface area contributed by atoms with Crippen LogP contribution in [0.5, 0.6) is 0 Å². The summed E-state index contributed by atoms with van der Waals surface area (Å²) in [6.45, 7) is 5.78. The molecule has 0 aromatic carbocycles. The van der Waals surface area contributed by atoms with E-state index in [0.717, 1.165) is 18.2 Å². The van der Waals surface area contributed by atoms with Gasteiger partial charge in [-0.05, 0) is 44.0 Å². The summed E-state index contributed by atoms with van der Waals surface area (Å²) in [6, 6.07) is 4.21. The van der Waals surface area contributed by atoms with Gasteiger partial charge in [-0.2, -0.15) is 0 Å². The SMILES string of the molecule is CNc1ccc(CN2CCC(C)CC2)nc1. The van der Waals surface area contributed by atoms with Crippen molar-refractivity contribution in [2.75, 3.05) is 25.5 Å². The van der Waals surface area contributed by atoms with Crippen LogP contribution in [0.15, 0.2) is 18.3 Å². The molecule has 3 heteroatoms. The number of piperidine rings is 1. The Bertz CT molecular complexity index is 312. The summed E-state index contributed by atoms with van der Waals surface area (Å²) in [7, 11) is 1.92. The van der Waals surface area contributed by atoms with Crippen LogP contribution in [0.4, 0.5) is 5.69 Å². The van der Waals surface area contributed by atoms with E-state index in [1.165, 1.54) is 31.6 Å². The van der Waals surface area contributed by atoms with Crippen LogP contribution in [0.1, 0.15) is 25.5 Å². The number of hydrogen-bond donors (Lipinski definition) is 1. The number of pyridine rings is 1. The van der Waals surface area contributed by atoms with Gasteiger partial charge in [0, 0.05) is 13.6 Å².